The standard InChI is InChI=1S/C13H25N5O.HI/c1-11-8-17-18(9-11)7-6-15-12(14-4)16-10-13(2,3)19-5;/h8-9H,6-7,10H2,1-5H3,(H2,14,15,16);1H. The number of hydrogen-bond acceptors (Lipinski definition) is 3. The second-order valence-corrected chi connectivity index (χ2v) is 5.10. The lowest BCUT2D eigenvalue weighted by Gasteiger charge is -2.24. The number of hydrogen-bond donors (Lipinski definition) is 2. The van der Waals surface area contributed by atoms with Crippen LogP contribution in [0.15, 0.2) is 17.4 Å². The third-order valence-corrected chi connectivity index (χ3v) is 2.85. The number of rotatable bonds is 6. The number of aliphatic imine (C=N–C) groups is 1. The predicted molar refractivity (Wildman–Crippen MR) is 92.8 cm³/mol. The van der Waals surface area contributed by atoms with Crippen LogP contribution in [0.5, 0.6) is 0 Å². The van der Waals surface area contributed by atoms with Crippen LogP contribution >= 0.6 is 24.0 Å². The highest BCUT2D eigenvalue weighted by atomic mass is 127. The summed E-state index contributed by atoms with van der Waals surface area (Å²) >= 11 is 0. The number of methoxy groups -OCH3 is 1. The van der Waals surface area contributed by atoms with Gasteiger partial charge in [0.05, 0.1) is 18.3 Å². The number of nitrogens with one attached hydrogen (secondary N) is 2. The minimum atomic E-state index is -0.212. The Bertz CT molecular complexity index is 417. The molecule has 1 aromatic heterocycles. The lowest BCUT2D eigenvalue weighted by Crippen LogP contribution is -2.45. The normalized spacial score (nSPS) is 11.9. The summed E-state index contributed by atoms with van der Waals surface area (Å²) in [5.41, 5.74) is 0.959. The van der Waals surface area contributed by atoms with Gasteiger partial charge in [-0.25, -0.2) is 0 Å². The maximum absolute atomic E-state index is 5.35. The molecule has 0 aliphatic carbocycles. The van der Waals surface area contributed by atoms with Crippen molar-refractivity contribution in [2.45, 2.75) is 32.9 Å². The summed E-state index contributed by atoms with van der Waals surface area (Å²) in [5.74, 6) is 0.772. The zero-order valence-corrected chi connectivity index (χ0v) is 15.3. The lowest BCUT2D eigenvalue weighted by molar-refractivity contribution is 0.0268. The van der Waals surface area contributed by atoms with Gasteiger partial charge in [0, 0.05) is 33.4 Å². The fourth-order valence-electron chi connectivity index (χ4n) is 1.47. The van der Waals surface area contributed by atoms with Crippen molar-refractivity contribution in [3.8, 4) is 0 Å². The Balaban J connectivity index is 0.00000361. The zero-order chi connectivity index (χ0) is 14.3. The topological polar surface area (TPSA) is 63.5 Å². The lowest BCUT2D eigenvalue weighted by atomic mass is 10.1. The van der Waals surface area contributed by atoms with Crippen LogP contribution in [0.4, 0.5) is 0 Å². The number of halogens is 1. The van der Waals surface area contributed by atoms with Crippen LogP contribution in [-0.4, -0.2) is 48.6 Å². The van der Waals surface area contributed by atoms with E-state index in [4.69, 9.17) is 4.74 Å². The van der Waals surface area contributed by atoms with Crippen LogP contribution in [0.3, 0.4) is 0 Å². The Morgan fingerprint density at radius 2 is 2.15 bits per heavy atom. The van der Waals surface area contributed by atoms with Crippen LogP contribution in [0.2, 0.25) is 0 Å². The Hall–Kier alpha value is -0.830. The number of aryl methyl sites for hydroxylation is 1. The summed E-state index contributed by atoms with van der Waals surface area (Å²) in [5, 5.41) is 10.7. The van der Waals surface area contributed by atoms with E-state index in [0.717, 1.165) is 19.0 Å². The molecule has 0 saturated carbocycles. The quantitative estimate of drug-likeness (QED) is 0.434. The molecule has 6 nitrogen and oxygen atoms in total. The molecule has 1 rings (SSSR count). The van der Waals surface area contributed by atoms with Crippen LogP contribution in [-0.2, 0) is 11.3 Å². The molecule has 20 heavy (non-hydrogen) atoms. The highest BCUT2D eigenvalue weighted by Gasteiger charge is 2.16. The molecular weight excluding hydrogens is 369 g/mol. The largest absolute Gasteiger partial charge is 0.377 e. The van der Waals surface area contributed by atoms with E-state index in [1.807, 2.05) is 37.8 Å². The molecule has 0 amide bonds. The van der Waals surface area contributed by atoms with Crippen LogP contribution < -0.4 is 10.6 Å². The molecule has 7 heteroatoms. The van der Waals surface area contributed by atoms with Crippen molar-refractivity contribution in [2.75, 3.05) is 27.2 Å². The van der Waals surface area contributed by atoms with Gasteiger partial charge in [-0.3, -0.25) is 9.67 Å². The van der Waals surface area contributed by atoms with Crippen molar-refractivity contribution in [3.63, 3.8) is 0 Å². The molecule has 0 saturated heterocycles. The second-order valence-electron chi connectivity index (χ2n) is 5.10. The molecule has 0 radical (unpaired) electrons. The first kappa shape index (κ1) is 19.2. The molecule has 1 heterocycles. The first-order valence-electron chi connectivity index (χ1n) is 6.45. The molecule has 0 atom stereocenters. The van der Waals surface area contributed by atoms with E-state index < -0.39 is 0 Å². The van der Waals surface area contributed by atoms with E-state index >= 15 is 0 Å². The van der Waals surface area contributed by atoms with E-state index in [9.17, 15) is 0 Å². The average molecular weight is 395 g/mol. The summed E-state index contributed by atoms with van der Waals surface area (Å²) in [7, 11) is 3.46. The van der Waals surface area contributed by atoms with Crippen LogP contribution in [0.1, 0.15) is 19.4 Å². The van der Waals surface area contributed by atoms with Gasteiger partial charge in [-0.15, -0.1) is 24.0 Å². The minimum Gasteiger partial charge on any atom is -0.377 e. The van der Waals surface area contributed by atoms with Gasteiger partial charge in [-0.2, -0.15) is 5.10 Å². The molecule has 116 valence electrons. The van der Waals surface area contributed by atoms with Gasteiger partial charge in [0.25, 0.3) is 0 Å². The first-order valence-corrected chi connectivity index (χ1v) is 6.45. The van der Waals surface area contributed by atoms with Gasteiger partial charge < -0.3 is 15.4 Å². The molecule has 0 unspecified atom stereocenters. The Labute approximate surface area is 138 Å². The van der Waals surface area contributed by atoms with Crippen molar-refractivity contribution < 1.29 is 4.74 Å². The third kappa shape index (κ3) is 7.09. The Kier molecular flexibility index (Phi) is 8.79. The molecule has 2 N–H and O–H groups in total. The fourth-order valence-corrected chi connectivity index (χ4v) is 1.47. The second kappa shape index (κ2) is 9.17. The summed E-state index contributed by atoms with van der Waals surface area (Å²) in [6.07, 6.45) is 3.88. The first-order chi connectivity index (χ1) is 8.96. The molecule has 0 aromatic carbocycles. The van der Waals surface area contributed by atoms with Crippen molar-refractivity contribution in [1.82, 2.24) is 20.4 Å². The molecule has 0 aliphatic rings. The van der Waals surface area contributed by atoms with Gasteiger partial charge in [0.2, 0.25) is 0 Å². The fraction of sp³-hybridized carbons (Fsp3) is 0.692. The van der Waals surface area contributed by atoms with Gasteiger partial charge >= 0.3 is 0 Å². The molecule has 0 fully saturated rings. The SMILES string of the molecule is CN=C(NCCn1cc(C)cn1)NCC(C)(C)OC.I. The molecular formula is C13H26IN5O. The molecule has 0 spiro atoms. The van der Waals surface area contributed by atoms with Gasteiger partial charge in [0.1, 0.15) is 0 Å². The molecule has 1 aromatic rings. The summed E-state index contributed by atoms with van der Waals surface area (Å²) in [6.45, 7) is 8.37. The van der Waals surface area contributed by atoms with Crippen molar-refractivity contribution >= 4 is 29.9 Å². The summed E-state index contributed by atoms with van der Waals surface area (Å²) < 4.78 is 7.26. The average Bonchev–Trinajstić information content (AvgIpc) is 2.79. The monoisotopic (exact) mass is 395 g/mol. The van der Waals surface area contributed by atoms with E-state index in [-0.39, 0.29) is 29.6 Å². The van der Waals surface area contributed by atoms with Gasteiger partial charge in [-0.05, 0) is 26.3 Å². The van der Waals surface area contributed by atoms with Crippen LogP contribution in [0, 0.1) is 6.92 Å². The van der Waals surface area contributed by atoms with E-state index in [1.165, 1.54) is 5.56 Å². The zero-order valence-electron chi connectivity index (χ0n) is 12.9. The van der Waals surface area contributed by atoms with E-state index in [0.29, 0.717) is 6.54 Å². The molecule has 0 aliphatic heterocycles. The third-order valence-electron chi connectivity index (χ3n) is 2.85. The summed E-state index contributed by atoms with van der Waals surface area (Å²) in [4.78, 5) is 4.17. The Morgan fingerprint density at radius 1 is 1.45 bits per heavy atom. The Morgan fingerprint density at radius 3 is 2.65 bits per heavy atom. The van der Waals surface area contributed by atoms with Crippen LogP contribution in [0.25, 0.3) is 0 Å². The highest BCUT2D eigenvalue weighted by Crippen LogP contribution is 2.04. The number of ether oxygens (including phenoxy) is 1. The number of guanidine groups is 1. The summed E-state index contributed by atoms with van der Waals surface area (Å²) in [6, 6.07) is 0. The maximum atomic E-state index is 5.35. The van der Waals surface area contributed by atoms with Gasteiger partial charge in [0.15, 0.2) is 5.96 Å². The number of nitrogens with zero attached hydrogens (tertiary/aromatic N) is 3. The van der Waals surface area contributed by atoms with E-state index in [2.05, 4.69) is 20.7 Å². The van der Waals surface area contributed by atoms with Crippen molar-refractivity contribution in [2.24, 2.45) is 4.99 Å². The maximum Gasteiger partial charge on any atom is 0.191 e. The van der Waals surface area contributed by atoms with Gasteiger partial charge in [-0.1, -0.05) is 0 Å². The minimum absolute atomic E-state index is 0. The molecule has 0 bridgehead atoms. The van der Waals surface area contributed by atoms with Crippen molar-refractivity contribution in [1.29, 1.82) is 0 Å². The van der Waals surface area contributed by atoms with E-state index in [1.54, 1.807) is 14.2 Å². The highest BCUT2D eigenvalue weighted by molar-refractivity contribution is 14.0. The predicted octanol–water partition coefficient (Wildman–Crippen LogP) is 1.40. The smallest absolute Gasteiger partial charge is 0.191 e. The number of aromatic nitrogens is 2. The van der Waals surface area contributed by atoms with Crippen molar-refractivity contribution in [3.05, 3.63) is 18.0 Å².